The van der Waals surface area contributed by atoms with E-state index in [-0.39, 0.29) is 14.6 Å². The van der Waals surface area contributed by atoms with Crippen molar-refractivity contribution in [2.45, 2.75) is 27.1 Å². The van der Waals surface area contributed by atoms with E-state index in [0.717, 1.165) is 0 Å². The molecule has 1 aliphatic rings. The van der Waals surface area contributed by atoms with E-state index >= 15 is 0 Å². The molecule has 2 aromatic rings. The average Bonchev–Trinajstić information content (AvgIpc) is 2.68. The van der Waals surface area contributed by atoms with Gasteiger partial charge in [-0.2, -0.15) is 0 Å². The molecule has 2 atom stereocenters. The van der Waals surface area contributed by atoms with Crippen molar-refractivity contribution in [3.8, 4) is 5.75 Å². The number of rotatable bonds is 2. The highest BCUT2D eigenvalue weighted by atomic mass is 79.9. The van der Waals surface area contributed by atoms with Gasteiger partial charge in [-0.1, -0.05) is 34.1 Å². The zero-order chi connectivity index (χ0) is 15.7. The molecule has 4 nitrogen and oxygen atoms in total. The molecule has 0 saturated heterocycles. The van der Waals surface area contributed by atoms with Crippen molar-refractivity contribution >= 4 is 25.8 Å². The highest BCUT2D eigenvalue weighted by Crippen LogP contribution is 2.37. The minimum Gasteiger partial charge on any atom is -0.493 e. The van der Waals surface area contributed by atoms with Crippen LogP contribution in [0, 0.1) is 0 Å². The van der Waals surface area contributed by atoms with Crippen LogP contribution in [0.3, 0.4) is 0 Å². The van der Waals surface area contributed by atoms with Crippen LogP contribution >= 0.6 is 15.9 Å². The molecular weight excluding hydrogens is 368 g/mol. The molecule has 3 rings (SSSR count). The van der Waals surface area contributed by atoms with E-state index < -0.39 is 15.9 Å². The summed E-state index contributed by atoms with van der Waals surface area (Å²) in [6.07, 6.45) is -0.153. The third kappa shape index (κ3) is 2.78. The molecule has 6 heteroatoms. The van der Waals surface area contributed by atoms with Crippen LogP contribution in [0.4, 0.5) is 0 Å². The first-order chi connectivity index (χ1) is 10.5. The number of hydrogen-bond acceptors (Lipinski definition) is 4. The molecule has 0 saturated carbocycles. The van der Waals surface area contributed by atoms with E-state index in [0.29, 0.717) is 24.3 Å². The van der Waals surface area contributed by atoms with Crippen LogP contribution in [0.2, 0.25) is 0 Å². The zero-order valence-electron chi connectivity index (χ0n) is 11.6. The summed E-state index contributed by atoms with van der Waals surface area (Å²) in [6, 6.07) is 12.9. The average molecular weight is 383 g/mol. The van der Waals surface area contributed by atoms with Crippen LogP contribution in [0.1, 0.15) is 18.1 Å². The lowest BCUT2D eigenvalue weighted by Gasteiger charge is -2.16. The van der Waals surface area contributed by atoms with Gasteiger partial charge in [0.05, 0.1) is 22.5 Å². The SMILES string of the molecule is O=S(=O)(c1ccccc1)c1ccc2c(c1)[C@H](O)[C@@H](Br)CCO2. The molecule has 0 aliphatic carbocycles. The molecule has 0 unspecified atom stereocenters. The fourth-order valence-corrected chi connectivity index (χ4v) is 4.21. The van der Waals surface area contributed by atoms with E-state index in [2.05, 4.69) is 15.9 Å². The summed E-state index contributed by atoms with van der Waals surface area (Å²) >= 11 is 3.41. The van der Waals surface area contributed by atoms with Gasteiger partial charge < -0.3 is 9.84 Å². The van der Waals surface area contributed by atoms with Gasteiger partial charge in [-0.05, 0) is 36.8 Å². The number of aliphatic hydroxyl groups is 1. The Kier molecular flexibility index (Phi) is 4.25. The largest absolute Gasteiger partial charge is 0.493 e. The standard InChI is InChI=1S/C16H15BrO4S/c17-14-8-9-21-15-7-6-12(10-13(15)16(14)18)22(19,20)11-4-2-1-3-5-11/h1-7,10,14,16,18H,8-9H2/t14-,16-/m0/s1. The van der Waals surface area contributed by atoms with Gasteiger partial charge >= 0.3 is 0 Å². The second-order valence-electron chi connectivity index (χ2n) is 5.11. The molecule has 0 fully saturated rings. The number of alkyl halides is 1. The third-order valence-electron chi connectivity index (χ3n) is 3.66. The molecule has 22 heavy (non-hydrogen) atoms. The van der Waals surface area contributed by atoms with Crippen molar-refractivity contribution in [1.82, 2.24) is 0 Å². The van der Waals surface area contributed by atoms with Crippen molar-refractivity contribution < 1.29 is 18.3 Å². The van der Waals surface area contributed by atoms with Crippen LogP contribution in [0.5, 0.6) is 5.75 Å². The number of fused-ring (bicyclic) bond motifs is 1. The van der Waals surface area contributed by atoms with Crippen LogP contribution < -0.4 is 4.74 Å². The Morgan fingerprint density at radius 3 is 2.55 bits per heavy atom. The molecule has 0 radical (unpaired) electrons. The quantitative estimate of drug-likeness (QED) is 0.810. The molecular formula is C16H15BrO4S. The summed E-state index contributed by atoms with van der Waals surface area (Å²) in [5.41, 5.74) is 0.497. The zero-order valence-corrected chi connectivity index (χ0v) is 14.0. The molecule has 0 bridgehead atoms. The first kappa shape index (κ1) is 15.5. The van der Waals surface area contributed by atoms with E-state index in [9.17, 15) is 13.5 Å². The molecule has 1 N–H and O–H groups in total. The fraction of sp³-hybridized carbons (Fsp3) is 0.250. The smallest absolute Gasteiger partial charge is 0.206 e. The summed E-state index contributed by atoms with van der Waals surface area (Å²) < 4.78 is 30.9. The van der Waals surface area contributed by atoms with Crippen LogP contribution in [-0.4, -0.2) is 25.0 Å². The lowest BCUT2D eigenvalue weighted by atomic mass is 10.1. The van der Waals surface area contributed by atoms with Gasteiger partial charge in [-0.25, -0.2) is 8.42 Å². The number of aliphatic hydroxyl groups excluding tert-OH is 1. The Bertz CT molecular complexity index is 774. The van der Waals surface area contributed by atoms with Gasteiger partial charge in [0.25, 0.3) is 0 Å². The van der Waals surface area contributed by atoms with Crippen LogP contribution in [0.25, 0.3) is 0 Å². The summed E-state index contributed by atoms with van der Waals surface area (Å²) in [7, 11) is -3.61. The van der Waals surface area contributed by atoms with Crippen molar-refractivity contribution in [2.75, 3.05) is 6.61 Å². The van der Waals surface area contributed by atoms with Gasteiger partial charge in [0.1, 0.15) is 5.75 Å². The van der Waals surface area contributed by atoms with Crippen molar-refractivity contribution in [3.05, 3.63) is 54.1 Å². The molecule has 1 aliphatic heterocycles. The van der Waals surface area contributed by atoms with Gasteiger partial charge in [0, 0.05) is 10.4 Å². The normalized spacial score (nSPS) is 21.5. The second-order valence-corrected chi connectivity index (χ2v) is 8.24. The molecule has 116 valence electrons. The van der Waals surface area contributed by atoms with Crippen molar-refractivity contribution in [2.24, 2.45) is 0 Å². The number of ether oxygens (including phenoxy) is 1. The summed E-state index contributed by atoms with van der Waals surface area (Å²) in [5.74, 6) is 0.529. The maximum absolute atomic E-state index is 12.7. The molecule has 0 amide bonds. The third-order valence-corrected chi connectivity index (χ3v) is 6.38. The van der Waals surface area contributed by atoms with E-state index in [1.54, 1.807) is 36.4 Å². The predicted molar refractivity (Wildman–Crippen MR) is 86.1 cm³/mol. The van der Waals surface area contributed by atoms with Crippen LogP contribution in [-0.2, 0) is 9.84 Å². The Balaban J connectivity index is 2.09. The van der Waals surface area contributed by atoms with E-state index in [4.69, 9.17) is 4.74 Å². The molecule has 1 heterocycles. The Morgan fingerprint density at radius 1 is 1.09 bits per heavy atom. The van der Waals surface area contributed by atoms with Gasteiger partial charge in [-0.15, -0.1) is 0 Å². The highest BCUT2D eigenvalue weighted by Gasteiger charge is 2.27. The predicted octanol–water partition coefficient (Wildman–Crippen LogP) is 3.10. The lowest BCUT2D eigenvalue weighted by Crippen LogP contribution is -2.11. The first-order valence-electron chi connectivity index (χ1n) is 6.89. The summed E-state index contributed by atoms with van der Waals surface area (Å²) in [5, 5.41) is 10.3. The second kappa shape index (κ2) is 6.02. The molecule has 2 aromatic carbocycles. The Labute approximate surface area is 137 Å². The number of benzene rings is 2. The van der Waals surface area contributed by atoms with Crippen molar-refractivity contribution in [3.63, 3.8) is 0 Å². The topological polar surface area (TPSA) is 63.6 Å². The van der Waals surface area contributed by atoms with E-state index in [1.165, 1.54) is 12.1 Å². The number of hydrogen-bond donors (Lipinski definition) is 1. The van der Waals surface area contributed by atoms with E-state index in [1.807, 2.05) is 0 Å². The van der Waals surface area contributed by atoms with Gasteiger partial charge in [0.2, 0.25) is 9.84 Å². The van der Waals surface area contributed by atoms with Crippen molar-refractivity contribution in [1.29, 1.82) is 0 Å². The number of halogens is 1. The maximum Gasteiger partial charge on any atom is 0.206 e. The fourth-order valence-electron chi connectivity index (χ4n) is 2.43. The van der Waals surface area contributed by atoms with Gasteiger partial charge in [-0.3, -0.25) is 0 Å². The summed E-state index contributed by atoms with van der Waals surface area (Å²) in [6.45, 7) is 0.477. The molecule has 0 spiro atoms. The maximum atomic E-state index is 12.7. The summed E-state index contributed by atoms with van der Waals surface area (Å²) in [4.78, 5) is 0.222. The molecule has 0 aromatic heterocycles. The minimum atomic E-state index is -3.61. The van der Waals surface area contributed by atoms with Crippen LogP contribution in [0.15, 0.2) is 58.3 Å². The monoisotopic (exact) mass is 382 g/mol. The number of sulfone groups is 1. The lowest BCUT2D eigenvalue weighted by molar-refractivity contribution is 0.176. The minimum absolute atomic E-state index is 0.154. The van der Waals surface area contributed by atoms with Gasteiger partial charge in [0.15, 0.2) is 0 Å². The first-order valence-corrected chi connectivity index (χ1v) is 9.29. The Morgan fingerprint density at radius 2 is 1.82 bits per heavy atom. The highest BCUT2D eigenvalue weighted by molar-refractivity contribution is 9.09. The Hall–Kier alpha value is -1.37.